The first-order valence-electron chi connectivity index (χ1n) is 10.1. The Hall–Kier alpha value is -3.34. The van der Waals surface area contributed by atoms with Gasteiger partial charge in [-0.3, -0.25) is 4.79 Å². The summed E-state index contributed by atoms with van der Waals surface area (Å²) >= 11 is 0. The van der Waals surface area contributed by atoms with Crippen LogP contribution in [-0.2, 0) is 10.2 Å². The van der Waals surface area contributed by atoms with Gasteiger partial charge in [-0.15, -0.1) is 0 Å². The first-order chi connectivity index (χ1) is 14.5. The molecule has 30 heavy (non-hydrogen) atoms. The summed E-state index contributed by atoms with van der Waals surface area (Å²) in [6, 6.07) is 16.8. The van der Waals surface area contributed by atoms with E-state index in [-0.39, 0.29) is 18.4 Å². The largest absolute Gasteiger partial charge is 0.454 e. The van der Waals surface area contributed by atoms with Crippen LogP contribution >= 0.6 is 0 Å². The van der Waals surface area contributed by atoms with Crippen LogP contribution in [0.4, 0.5) is 10.1 Å². The number of fused-ring (bicyclic) bond motifs is 1. The van der Waals surface area contributed by atoms with Gasteiger partial charge >= 0.3 is 0 Å². The summed E-state index contributed by atoms with van der Waals surface area (Å²) in [6.45, 7) is 4.09. The number of anilines is 1. The highest BCUT2D eigenvalue weighted by molar-refractivity contribution is 6.02. The van der Waals surface area contributed by atoms with Crippen LogP contribution in [0.1, 0.15) is 29.5 Å². The van der Waals surface area contributed by atoms with Gasteiger partial charge in [0, 0.05) is 0 Å². The summed E-state index contributed by atoms with van der Waals surface area (Å²) in [4.78, 5) is 13.2. The smallest absolute Gasteiger partial charge is 0.235 e. The van der Waals surface area contributed by atoms with E-state index in [1.54, 1.807) is 6.07 Å². The van der Waals surface area contributed by atoms with Crippen molar-refractivity contribution in [1.82, 2.24) is 0 Å². The lowest BCUT2D eigenvalue weighted by Crippen LogP contribution is -2.28. The minimum atomic E-state index is -0.652. The molecule has 5 rings (SSSR count). The molecule has 0 unspecified atom stereocenters. The fourth-order valence-corrected chi connectivity index (χ4v) is 4.14. The predicted molar refractivity (Wildman–Crippen MR) is 113 cm³/mol. The van der Waals surface area contributed by atoms with Gasteiger partial charge in [-0.2, -0.15) is 0 Å². The number of hydrogen-bond acceptors (Lipinski definition) is 3. The average Bonchev–Trinajstić information content (AvgIpc) is 3.41. The molecule has 1 saturated carbocycles. The van der Waals surface area contributed by atoms with Crippen molar-refractivity contribution in [2.24, 2.45) is 0 Å². The molecule has 0 saturated heterocycles. The van der Waals surface area contributed by atoms with E-state index in [1.807, 2.05) is 56.3 Å². The molecule has 0 aromatic heterocycles. The van der Waals surface area contributed by atoms with E-state index in [0.717, 1.165) is 40.7 Å². The highest BCUT2D eigenvalue weighted by Gasteiger charge is 2.51. The molecule has 4 nitrogen and oxygen atoms in total. The Labute approximate surface area is 174 Å². The van der Waals surface area contributed by atoms with E-state index in [2.05, 4.69) is 5.32 Å². The molecule has 5 heteroatoms. The van der Waals surface area contributed by atoms with Gasteiger partial charge in [0.15, 0.2) is 11.5 Å². The maximum Gasteiger partial charge on any atom is 0.235 e. The second-order valence-corrected chi connectivity index (χ2v) is 8.07. The first-order valence-corrected chi connectivity index (χ1v) is 10.1. The normalized spacial score (nSPS) is 15.7. The van der Waals surface area contributed by atoms with Crippen molar-refractivity contribution < 1.29 is 18.7 Å². The summed E-state index contributed by atoms with van der Waals surface area (Å²) in [5.41, 5.74) is 4.30. The van der Waals surface area contributed by atoms with Crippen molar-refractivity contribution in [2.75, 3.05) is 12.1 Å². The van der Waals surface area contributed by atoms with Crippen molar-refractivity contribution in [3.8, 4) is 22.6 Å². The van der Waals surface area contributed by atoms with Gasteiger partial charge in [0.25, 0.3) is 0 Å². The van der Waals surface area contributed by atoms with Gasteiger partial charge in [-0.25, -0.2) is 4.39 Å². The number of nitrogens with one attached hydrogen (secondary N) is 1. The number of ether oxygens (including phenoxy) is 2. The third kappa shape index (κ3) is 3.02. The summed E-state index contributed by atoms with van der Waals surface area (Å²) in [6.07, 6.45) is 1.44. The Morgan fingerprint density at radius 1 is 0.933 bits per heavy atom. The van der Waals surface area contributed by atoms with Gasteiger partial charge in [0.1, 0.15) is 5.82 Å². The van der Waals surface area contributed by atoms with Crippen LogP contribution in [0.15, 0.2) is 54.6 Å². The maximum atomic E-state index is 14.7. The molecule has 3 aromatic carbocycles. The number of hydrogen-bond donors (Lipinski definition) is 1. The molecule has 1 heterocycles. The molecule has 1 fully saturated rings. The van der Waals surface area contributed by atoms with Crippen molar-refractivity contribution in [3.05, 3.63) is 77.1 Å². The number of halogens is 1. The number of benzene rings is 3. The zero-order chi connectivity index (χ0) is 20.9. The van der Waals surface area contributed by atoms with E-state index in [0.29, 0.717) is 11.5 Å². The van der Waals surface area contributed by atoms with Crippen LogP contribution < -0.4 is 14.8 Å². The van der Waals surface area contributed by atoms with Gasteiger partial charge in [0.05, 0.1) is 11.1 Å². The molecule has 1 aliphatic heterocycles. The second kappa shape index (κ2) is 6.87. The molecule has 152 valence electrons. The van der Waals surface area contributed by atoms with Gasteiger partial charge in [-0.1, -0.05) is 30.3 Å². The molecule has 1 amide bonds. The van der Waals surface area contributed by atoms with Crippen LogP contribution in [0.3, 0.4) is 0 Å². The molecule has 0 bridgehead atoms. The molecule has 1 N–H and O–H groups in total. The number of rotatable bonds is 4. The number of amides is 1. The van der Waals surface area contributed by atoms with Gasteiger partial charge in [0.2, 0.25) is 12.7 Å². The Balaban J connectivity index is 1.46. The van der Waals surface area contributed by atoms with Crippen molar-refractivity contribution in [2.45, 2.75) is 32.1 Å². The van der Waals surface area contributed by atoms with E-state index >= 15 is 0 Å². The Bertz CT molecular complexity index is 1170. The van der Waals surface area contributed by atoms with Gasteiger partial charge < -0.3 is 14.8 Å². The van der Waals surface area contributed by atoms with Crippen molar-refractivity contribution >= 4 is 11.6 Å². The van der Waals surface area contributed by atoms with Crippen LogP contribution in [0, 0.1) is 19.7 Å². The van der Waals surface area contributed by atoms with Crippen LogP contribution in [0.5, 0.6) is 11.5 Å². The van der Waals surface area contributed by atoms with Gasteiger partial charge in [-0.05, 0) is 78.8 Å². The molecule has 3 aromatic rings. The lowest BCUT2D eigenvalue weighted by Gasteiger charge is -2.18. The lowest BCUT2D eigenvalue weighted by molar-refractivity contribution is -0.118. The number of carbonyl (C=O) groups is 1. The Kier molecular flexibility index (Phi) is 4.28. The molecule has 1 aliphatic carbocycles. The van der Waals surface area contributed by atoms with E-state index in [9.17, 15) is 9.18 Å². The summed E-state index contributed by atoms with van der Waals surface area (Å²) in [7, 11) is 0. The monoisotopic (exact) mass is 403 g/mol. The maximum absolute atomic E-state index is 14.7. The zero-order valence-corrected chi connectivity index (χ0v) is 16.9. The van der Waals surface area contributed by atoms with Crippen LogP contribution in [0.25, 0.3) is 11.1 Å². The molecule has 2 aliphatic rings. The Morgan fingerprint density at radius 2 is 1.70 bits per heavy atom. The average molecular weight is 403 g/mol. The quantitative estimate of drug-likeness (QED) is 0.625. The van der Waals surface area contributed by atoms with Crippen molar-refractivity contribution in [3.63, 3.8) is 0 Å². The summed E-state index contributed by atoms with van der Waals surface area (Å²) < 4.78 is 25.6. The number of carbonyl (C=O) groups excluding carboxylic acids is 1. The predicted octanol–water partition coefficient (Wildman–Crippen LogP) is 5.51. The minimum absolute atomic E-state index is 0.189. The minimum Gasteiger partial charge on any atom is -0.454 e. The molecular formula is C25H22FNO3. The summed E-state index contributed by atoms with van der Waals surface area (Å²) in [5, 5.41) is 2.85. The molecular weight excluding hydrogens is 381 g/mol. The number of aryl methyl sites for hydroxylation is 2. The van der Waals surface area contributed by atoms with Crippen LogP contribution in [0.2, 0.25) is 0 Å². The molecule has 0 spiro atoms. The third-order valence-electron chi connectivity index (χ3n) is 6.11. The highest BCUT2D eigenvalue weighted by atomic mass is 19.1. The second-order valence-electron chi connectivity index (χ2n) is 8.07. The highest BCUT2D eigenvalue weighted by Crippen LogP contribution is 2.51. The SMILES string of the molecule is Cc1ccccc1-c1cc(NC(=O)C2(c3ccc4c(c3)OCO4)CC2)c(F)cc1C. The van der Waals surface area contributed by atoms with Crippen LogP contribution in [-0.4, -0.2) is 12.7 Å². The fraction of sp³-hybridized carbons (Fsp3) is 0.240. The van der Waals surface area contributed by atoms with E-state index < -0.39 is 11.2 Å². The van der Waals surface area contributed by atoms with E-state index in [4.69, 9.17) is 9.47 Å². The summed E-state index contributed by atoms with van der Waals surface area (Å²) in [5.74, 6) is 0.705. The molecule has 0 radical (unpaired) electrons. The first kappa shape index (κ1) is 18.7. The third-order valence-corrected chi connectivity index (χ3v) is 6.11. The van der Waals surface area contributed by atoms with E-state index in [1.165, 1.54) is 6.07 Å². The molecule has 0 atom stereocenters. The topological polar surface area (TPSA) is 47.6 Å². The van der Waals surface area contributed by atoms with Crippen molar-refractivity contribution in [1.29, 1.82) is 0 Å². The zero-order valence-electron chi connectivity index (χ0n) is 16.9. The Morgan fingerprint density at radius 3 is 2.47 bits per heavy atom. The lowest BCUT2D eigenvalue weighted by atomic mass is 9.93. The standard InChI is InChI=1S/C25H22FNO3/c1-15-5-3-4-6-18(15)19-13-21(20(26)11-16(19)2)27-24(28)25(9-10-25)17-7-8-22-23(12-17)30-14-29-22/h3-8,11-13H,9-10,14H2,1-2H3,(H,27,28). The fourth-order valence-electron chi connectivity index (χ4n) is 4.14.